The minimum Gasteiger partial charge on any atom is -0.300 e. The number of hydrogen-bond acceptors (Lipinski definition) is 1. The van der Waals surface area contributed by atoms with Gasteiger partial charge in [-0.05, 0) is 44.3 Å². The predicted molar refractivity (Wildman–Crippen MR) is 62.6 cm³/mol. The lowest BCUT2D eigenvalue weighted by Crippen LogP contribution is -2.34. The van der Waals surface area contributed by atoms with Crippen LogP contribution >= 0.6 is 0 Å². The highest BCUT2D eigenvalue weighted by molar-refractivity contribution is 5.31. The number of hydrogen-bond donors (Lipinski definition) is 0. The van der Waals surface area contributed by atoms with Crippen molar-refractivity contribution in [2.45, 2.75) is 31.7 Å². The fraction of sp³-hybridized carbons (Fsp3) is 0.500. The molecular formula is C14H18N. The summed E-state index contributed by atoms with van der Waals surface area (Å²) in [5.74, 6) is 1.66. The Morgan fingerprint density at radius 2 is 1.60 bits per heavy atom. The fourth-order valence-corrected chi connectivity index (χ4v) is 2.56. The molecule has 1 heterocycles. The van der Waals surface area contributed by atoms with Crippen molar-refractivity contribution in [3.05, 3.63) is 41.8 Å². The summed E-state index contributed by atoms with van der Waals surface area (Å²) in [4.78, 5) is 2.67. The van der Waals surface area contributed by atoms with Gasteiger partial charge in [-0.25, -0.2) is 0 Å². The highest BCUT2D eigenvalue weighted by Crippen LogP contribution is 2.33. The first-order valence-corrected chi connectivity index (χ1v) is 6.07. The molecule has 0 N–H and O–H groups in total. The predicted octanol–water partition coefficient (Wildman–Crippen LogP) is 2.87. The zero-order chi connectivity index (χ0) is 10.1. The molecule has 1 aromatic carbocycles. The first-order chi connectivity index (χ1) is 7.43. The Kier molecular flexibility index (Phi) is 2.49. The lowest BCUT2D eigenvalue weighted by atomic mass is 9.89. The average molecular weight is 200 g/mol. The molecule has 1 saturated carbocycles. The summed E-state index contributed by atoms with van der Waals surface area (Å²) in [5, 5.41) is 0. The molecule has 0 atom stereocenters. The third kappa shape index (κ3) is 2.07. The second-order valence-electron chi connectivity index (χ2n) is 4.74. The van der Waals surface area contributed by atoms with Crippen LogP contribution in [0.25, 0.3) is 0 Å². The van der Waals surface area contributed by atoms with E-state index in [1.165, 1.54) is 44.3 Å². The van der Waals surface area contributed by atoms with Gasteiger partial charge in [-0.15, -0.1) is 0 Å². The van der Waals surface area contributed by atoms with Crippen molar-refractivity contribution in [2.24, 2.45) is 0 Å². The van der Waals surface area contributed by atoms with Gasteiger partial charge in [0.05, 0.1) is 0 Å². The fourth-order valence-electron chi connectivity index (χ4n) is 2.56. The average Bonchev–Trinajstić information content (AvgIpc) is 3.15. The van der Waals surface area contributed by atoms with Crippen LogP contribution in [-0.4, -0.2) is 24.0 Å². The van der Waals surface area contributed by atoms with E-state index in [4.69, 9.17) is 0 Å². The maximum absolute atomic E-state index is 2.67. The molecule has 1 aliphatic heterocycles. The van der Waals surface area contributed by atoms with Gasteiger partial charge in [-0.1, -0.05) is 30.3 Å². The van der Waals surface area contributed by atoms with E-state index in [-0.39, 0.29) is 0 Å². The van der Waals surface area contributed by atoms with Gasteiger partial charge in [0, 0.05) is 12.0 Å². The van der Waals surface area contributed by atoms with E-state index >= 15 is 0 Å². The van der Waals surface area contributed by atoms with Crippen molar-refractivity contribution in [1.82, 2.24) is 4.90 Å². The Bertz CT molecular complexity index is 307. The van der Waals surface area contributed by atoms with Gasteiger partial charge in [0.2, 0.25) is 0 Å². The molecule has 1 radical (unpaired) electrons. The first kappa shape index (κ1) is 9.41. The number of nitrogens with zero attached hydrogens (tertiary/aromatic N) is 1. The van der Waals surface area contributed by atoms with Gasteiger partial charge in [0.1, 0.15) is 0 Å². The van der Waals surface area contributed by atoms with E-state index in [0.29, 0.717) is 0 Å². The zero-order valence-corrected chi connectivity index (χ0v) is 9.15. The highest BCUT2D eigenvalue weighted by atomic mass is 15.2. The summed E-state index contributed by atoms with van der Waals surface area (Å²) in [7, 11) is 0. The van der Waals surface area contributed by atoms with E-state index in [0.717, 1.165) is 6.04 Å². The molecule has 15 heavy (non-hydrogen) atoms. The monoisotopic (exact) mass is 200 g/mol. The number of piperidine rings is 1. The summed E-state index contributed by atoms with van der Waals surface area (Å²) in [6, 6.07) is 11.8. The Hall–Kier alpha value is -0.820. The van der Waals surface area contributed by atoms with Crippen LogP contribution in [0.2, 0.25) is 0 Å². The smallest absolute Gasteiger partial charge is 0.00964 e. The van der Waals surface area contributed by atoms with Crippen LogP contribution in [0.1, 0.15) is 31.2 Å². The maximum atomic E-state index is 2.67. The van der Waals surface area contributed by atoms with E-state index in [1.54, 1.807) is 5.92 Å². The summed E-state index contributed by atoms with van der Waals surface area (Å²) < 4.78 is 0. The molecule has 3 rings (SSSR count). The minimum atomic E-state index is 0.947. The van der Waals surface area contributed by atoms with Crippen LogP contribution in [0.3, 0.4) is 0 Å². The van der Waals surface area contributed by atoms with Crippen molar-refractivity contribution < 1.29 is 0 Å². The lowest BCUT2D eigenvalue weighted by Gasteiger charge is -2.31. The molecule has 1 nitrogen and oxygen atoms in total. The molecular weight excluding hydrogens is 182 g/mol. The van der Waals surface area contributed by atoms with E-state index in [9.17, 15) is 0 Å². The van der Waals surface area contributed by atoms with Crippen molar-refractivity contribution in [3.63, 3.8) is 0 Å². The summed E-state index contributed by atoms with van der Waals surface area (Å²) in [5.41, 5.74) is 1.47. The second-order valence-corrected chi connectivity index (χ2v) is 4.74. The first-order valence-electron chi connectivity index (χ1n) is 6.07. The largest absolute Gasteiger partial charge is 0.300 e. The highest BCUT2D eigenvalue weighted by Gasteiger charge is 2.32. The quantitative estimate of drug-likeness (QED) is 0.709. The number of benzene rings is 1. The summed E-state index contributed by atoms with van der Waals surface area (Å²) >= 11 is 0. The van der Waals surface area contributed by atoms with Gasteiger partial charge >= 0.3 is 0 Å². The molecule has 0 bridgehead atoms. The Morgan fingerprint density at radius 3 is 2.20 bits per heavy atom. The van der Waals surface area contributed by atoms with Gasteiger partial charge in [0.15, 0.2) is 0 Å². The molecule has 1 saturated heterocycles. The zero-order valence-electron chi connectivity index (χ0n) is 9.15. The van der Waals surface area contributed by atoms with Crippen LogP contribution in [0.4, 0.5) is 0 Å². The summed E-state index contributed by atoms with van der Waals surface area (Å²) in [6.07, 6.45) is 5.45. The van der Waals surface area contributed by atoms with Crippen molar-refractivity contribution in [1.29, 1.82) is 0 Å². The van der Waals surface area contributed by atoms with Gasteiger partial charge < -0.3 is 4.90 Å². The second kappa shape index (κ2) is 3.97. The van der Waals surface area contributed by atoms with Gasteiger partial charge in [-0.3, -0.25) is 0 Å². The maximum Gasteiger partial charge on any atom is 0.00964 e. The third-order valence-electron chi connectivity index (χ3n) is 3.65. The van der Waals surface area contributed by atoms with Crippen LogP contribution in [0.15, 0.2) is 30.3 Å². The topological polar surface area (TPSA) is 3.24 Å². The van der Waals surface area contributed by atoms with Gasteiger partial charge in [0.25, 0.3) is 0 Å². The van der Waals surface area contributed by atoms with Crippen LogP contribution in [0.5, 0.6) is 0 Å². The standard InChI is InChI=1S/C14H18N/c1-2-4-12(5-3-1)13-8-10-15(11-9-13)14-6-7-14/h1-5,14H,6-11H2. The molecule has 0 amide bonds. The molecule has 1 aromatic rings. The van der Waals surface area contributed by atoms with Crippen molar-refractivity contribution in [2.75, 3.05) is 13.1 Å². The van der Waals surface area contributed by atoms with E-state index < -0.39 is 0 Å². The van der Waals surface area contributed by atoms with E-state index in [2.05, 4.69) is 35.2 Å². The Balaban J connectivity index is 1.61. The molecule has 2 aliphatic rings. The van der Waals surface area contributed by atoms with Crippen LogP contribution < -0.4 is 0 Å². The van der Waals surface area contributed by atoms with Crippen molar-refractivity contribution >= 4 is 0 Å². The van der Waals surface area contributed by atoms with Crippen LogP contribution in [-0.2, 0) is 0 Å². The number of likely N-dealkylation sites (tertiary alicyclic amines) is 1. The molecule has 0 aromatic heterocycles. The lowest BCUT2D eigenvalue weighted by molar-refractivity contribution is 0.235. The minimum absolute atomic E-state index is 0.947. The van der Waals surface area contributed by atoms with Crippen LogP contribution in [0, 0.1) is 5.92 Å². The normalized spacial score (nSPS) is 24.3. The number of rotatable bonds is 2. The SMILES string of the molecule is c1ccc([C]2CCN(C3CC3)CC2)cc1. The van der Waals surface area contributed by atoms with Gasteiger partial charge in [-0.2, -0.15) is 0 Å². The Labute approximate surface area is 92.1 Å². The molecule has 2 fully saturated rings. The van der Waals surface area contributed by atoms with Crippen molar-refractivity contribution in [3.8, 4) is 0 Å². The molecule has 1 heteroatoms. The third-order valence-corrected chi connectivity index (χ3v) is 3.65. The molecule has 1 aliphatic carbocycles. The summed E-state index contributed by atoms with van der Waals surface area (Å²) in [6.45, 7) is 2.57. The molecule has 0 unspecified atom stereocenters. The molecule has 79 valence electrons. The Morgan fingerprint density at radius 1 is 0.933 bits per heavy atom. The van der Waals surface area contributed by atoms with E-state index in [1.807, 2.05) is 0 Å². The molecule has 0 spiro atoms.